The fraction of sp³-hybridized carbons (Fsp3) is 0.143. The van der Waals surface area contributed by atoms with Gasteiger partial charge in [0.1, 0.15) is 30.5 Å². The highest BCUT2D eigenvalue weighted by Crippen LogP contribution is 2.50. The summed E-state index contributed by atoms with van der Waals surface area (Å²) >= 11 is 0. The van der Waals surface area contributed by atoms with E-state index in [1.165, 1.54) is 0 Å². The Balaban J connectivity index is 1.54. The van der Waals surface area contributed by atoms with Gasteiger partial charge in [0.25, 0.3) is 0 Å². The topological polar surface area (TPSA) is 75.8 Å². The standard InChI is InChI=1S/C21H16N4O2/c1-11-23-7-17(25-11)13-3-15-9-26-18-4-12(16-6-22-10-24-16)2-14-8-27-19(5-13)21(15)20(14)18/h2-7,10H,8-9H2,1H3,(H,22,24)(H,23,25). The van der Waals surface area contributed by atoms with E-state index in [-0.39, 0.29) is 0 Å². The number of aromatic amines is 2. The van der Waals surface area contributed by atoms with Gasteiger partial charge in [0.15, 0.2) is 0 Å². The van der Waals surface area contributed by atoms with Crippen molar-refractivity contribution in [2.75, 3.05) is 0 Å². The monoisotopic (exact) mass is 356 g/mol. The zero-order valence-electron chi connectivity index (χ0n) is 14.7. The van der Waals surface area contributed by atoms with Gasteiger partial charge in [-0.05, 0) is 31.2 Å². The van der Waals surface area contributed by atoms with Crippen LogP contribution >= 0.6 is 0 Å². The molecule has 6 rings (SSSR count). The van der Waals surface area contributed by atoms with Crippen LogP contribution in [0, 0.1) is 6.92 Å². The lowest BCUT2D eigenvalue weighted by Gasteiger charge is -2.30. The van der Waals surface area contributed by atoms with Crippen molar-refractivity contribution in [2.24, 2.45) is 0 Å². The van der Waals surface area contributed by atoms with E-state index < -0.39 is 0 Å². The van der Waals surface area contributed by atoms with E-state index in [0.29, 0.717) is 13.2 Å². The number of hydrogen-bond donors (Lipinski definition) is 2. The molecule has 0 unspecified atom stereocenters. The molecular formula is C21H16N4O2. The first kappa shape index (κ1) is 14.6. The molecule has 0 saturated carbocycles. The van der Waals surface area contributed by atoms with Gasteiger partial charge in [-0.15, -0.1) is 0 Å². The maximum Gasteiger partial charge on any atom is 0.128 e. The fourth-order valence-corrected chi connectivity index (χ4v) is 3.97. The number of H-pyrrole nitrogens is 2. The van der Waals surface area contributed by atoms with Gasteiger partial charge in [0.2, 0.25) is 0 Å². The van der Waals surface area contributed by atoms with Crippen LogP contribution in [0.1, 0.15) is 17.0 Å². The number of aromatic nitrogens is 4. The Bertz CT molecular complexity index is 1140. The highest BCUT2D eigenvalue weighted by atomic mass is 16.5. The largest absolute Gasteiger partial charge is 0.488 e. The summed E-state index contributed by atoms with van der Waals surface area (Å²) < 4.78 is 12.3. The minimum Gasteiger partial charge on any atom is -0.488 e. The van der Waals surface area contributed by atoms with Gasteiger partial charge in [-0.1, -0.05) is 0 Å². The molecule has 0 atom stereocenters. The first-order valence-corrected chi connectivity index (χ1v) is 8.87. The van der Waals surface area contributed by atoms with E-state index >= 15 is 0 Å². The second-order valence-corrected chi connectivity index (χ2v) is 6.94. The summed E-state index contributed by atoms with van der Waals surface area (Å²) in [6.45, 7) is 2.99. The molecule has 0 spiro atoms. The molecule has 0 aliphatic carbocycles. The van der Waals surface area contributed by atoms with Crippen LogP contribution in [0.2, 0.25) is 0 Å². The Morgan fingerprint density at radius 2 is 1.52 bits per heavy atom. The third-order valence-electron chi connectivity index (χ3n) is 5.21. The maximum atomic E-state index is 6.15. The third kappa shape index (κ3) is 2.13. The summed E-state index contributed by atoms with van der Waals surface area (Å²) in [4.78, 5) is 14.9. The number of ether oxygens (including phenoxy) is 2. The van der Waals surface area contributed by atoms with Gasteiger partial charge in [-0.3, -0.25) is 0 Å². The Kier molecular flexibility index (Phi) is 2.83. The molecule has 4 heterocycles. The minimum absolute atomic E-state index is 0.519. The zero-order valence-corrected chi connectivity index (χ0v) is 14.7. The van der Waals surface area contributed by atoms with Crippen LogP contribution in [0.25, 0.3) is 33.6 Å². The number of benzene rings is 2. The third-order valence-corrected chi connectivity index (χ3v) is 5.21. The lowest BCUT2D eigenvalue weighted by molar-refractivity contribution is 0.278. The van der Waals surface area contributed by atoms with E-state index in [0.717, 1.165) is 62.1 Å². The van der Waals surface area contributed by atoms with Crippen molar-refractivity contribution in [1.82, 2.24) is 19.9 Å². The molecule has 2 aliphatic heterocycles. The predicted molar refractivity (Wildman–Crippen MR) is 100 cm³/mol. The van der Waals surface area contributed by atoms with Crippen molar-refractivity contribution in [3.05, 3.63) is 59.9 Å². The molecule has 132 valence electrons. The first-order valence-electron chi connectivity index (χ1n) is 8.87. The van der Waals surface area contributed by atoms with Gasteiger partial charge in [-0.2, -0.15) is 0 Å². The summed E-state index contributed by atoms with van der Waals surface area (Å²) in [5.74, 6) is 2.70. The molecular weight excluding hydrogens is 340 g/mol. The van der Waals surface area contributed by atoms with Gasteiger partial charge < -0.3 is 19.4 Å². The van der Waals surface area contributed by atoms with E-state index in [9.17, 15) is 0 Å². The van der Waals surface area contributed by atoms with Gasteiger partial charge in [0, 0.05) is 33.4 Å². The molecule has 0 radical (unpaired) electrons. The summed E-state index contributed by atoms with van der Waals surface area (Å²) in [6.07, 6.45) is 5.36. The lowest BCUT2D eigenvalue weighted by atomic mass is 9.87. The smallest absolute Gasteiger partial charge is 0.128 e. The van der Waals surface area contributed by atoms with Crippen LogP contribution in [0.3, 0.4) is 0 Å². The lowest BCUT2D eigenvalue weighted by Crippen LogP contribution is -2.15. The Labute approximate surface area is 155 Å². The van der Waals surface area contributed by atoms with Crippen LogP contribution < -0.4 is 9.47 Å². The summed E-state index contributed by atoms with van der Waals surface area (Å²) in [5.41, 5.74) is 8.64. The molecule has 0 bridgehead atoms. The quantitative estimate of drug-likeness (QED) is 0.564. The summed E-state index contributed by atoms with van der Waals surface area (Å²) in [5, 5.41) is 0. The molecule has 2 aliphatic rings. The van der Waals surface area contributed by atoms with E-state index in [2.05, 4.69) is 44.2 Å². The van der Waals surface area contributed by atoms with Crippen LogP contribution in [-0.4, -0.2) is 19.9 Å². The summed E-state index contributed by atoms with van der Waals surface area (Å²) in [7, 11) is 0. The highest BCUT2D eigenvalue weighted by molar-refractivity contribution is 5.88. The van der Waals surface area contributed by atoms with Crippen molar-refractivity contribution in [2.45, 2.75) is 20.1 Å². The molecule has 27 heavy (non-hydrogen) atoms. The Morgan fingerprint density at radius 1 is 0.852 bits per heavy atom. The summed E-state index contributed by atoms with van der Waals surface area (Å²) in [6, 6.07) is 8.49. The second-order valence-electron chi connectivity index (χ2n) is 6.94. The van der Waals surface area contributed by atoms with E-state index in [4.69, 9.17) is 9.47 Å². The minimum atomic E-state index is 0.519. The van der Waals surface area contributed by atoms with Gasteiger partial charge in [0.05, 0.1) is 30.1 Å². The Hall–Kier alpha value is -3.54. The number of rotatable bonds is 2. The molecule has 2 N–H and O–H groups in total. The van der Waals surface area contributed by atoms with Crippen LogP contribution in [0.5, 0.6) is 11.5 Å². The SMILES string of the molecule is Cc1ncc(-c2cc3c4c(c2)OCc2cc(-c5cnc[nH]5)cc(c2-4)OC3)[nH]1. The van der Waals surface area contributed by atoms with Crippen molar-refractivity contribution in [3.8, 4) is 45.1 Å². The average Bonchev–Trinajstić information content (AvgIpc) is 3.37. The van der Waals surface area contributed by atoms with E-state index in [1.807, 2.05) is 19.3 Å². The highest BCUT2D eigenvalue weighted by Gasteiger charge is 2.29. The van der Waals surface area contributed by atoms with Crippen molar-refractivity contribution in [1.29, 1.82) is 0 Å². The van der Waals surface area contributed by atoms with Crippen LogP contribution in [0.15, 0.2) is 43.0 Å². The normalized spacial score (nSPS) is 13.7. The zero-order chi connectivity index (χ0) is 18.0. The number of nitrogens with one attached hydrogen (secondary N) is 2. The number of nitrogens with zero attached hydrogens (tertiary/aromatic N) is 2. The molecule has 2 aromatic carbocycles. The number of aryl methyl sites for hydroxylation is 1. The van der Waals surface area contributed by atoms with Crippen molar-refractivity contribution < 1.29 is 9.47 Å². The average molecular weight is 356 g/mol. The maximum absolute atomic E-state index is 6.15. The molecule has 6 nitrogen and oxygen atoms in total. The Morgan fingerprint density at radius 3 is 2.07 bits per heavy atom. The molecule has 0 fully saturated rings. The van der Waals surface area contributed by atoms with Gasteiger partial charge in [-0.25, -0.2) is 9.97 Å². The molecule has 6 heteroatoms. The van der Waals surface area contributed by atoms with Gasteiger partial charge >= 0.3 is 0 Å². The molecule has 0 saturated heterocycles. The first-order chi connectivity index (χ1) is 13.3. The molecule has 2 aromatic heterocycles. The van der Waals surface area contributed by atoms with E-state index in [1.54, 1.807) is 6.33 Å². The second kappa shape index (κ2) is 5.23. The van der Waals surface area contributed by atoms with Crippen LogP contribution in [-0.2, 0) is 13.2 Å². The van der Waals surface area contributed by atoms with Crippen molar-refractivity contribution in [3.63, 3.8) is 0 Å². The fourth-order valence-electron chi connectivity index (χ4n) is 3.97. The van der Waals surface area contributed by atoms with Crippen LogP contribution in [0.4, 0.5) is 0 Å². The molecule has 0 amide bonds. The predicted octanol–water partition coefficient (Wildman–Crippen LogP) is 4.23. The molecule has 4 aromatic rings. The number of hydrogen-bond acceptors (Lipinski definition) is 4. The van der Waals surface area contributed by atoms with Crippen molar-refractivity contribution >= 4 is 0 Å². The number of imidazole rings is 2.